The predicted molar refractivity (Wildman–Crippen MR) is 128 cm³/mol. The summed E-state index contributed by atoms with van der Waals surface area (Å²) in [5, 5.41) is 10.7. The normalized spacial score (nSPS) is 23.0. The minimum atomic E-state index is -1.81. The van der Waals surface area contributed by atoms with Crippen LogP contribution >= 0.6 is 0 Å². The van der Waals surface area contributed by atoms with E-state index < -0.39 is 68.7 Å². The zero-order valence-corrected chi connectivity index (χ0v) is 21.1. The number of hydrogen-bond donors (Lipinski definition) is 2. The van der Waals surface area contributed by atoms with Crippen molar-refractivity contribution in [2.75, 3.05) is 31.1 Å². The zero-order chi connectivity index (χ0) is 27.6. The molecule has 1 aromatic heterocycles. The third-order valence-corrected chi connectivity index (χ3v) is 7.12. The largest absolute Gasteiger partial charge is 0.511 e. The Bertz CT molecular complexity index is 1390. The van der Waals surface area contributed by atoms with Crippen molar-refractivity contribution in [1.82, 2.24) is 9.88 Å². The maximum absolute atomic E-state index is 16.1. The van der Waals surface area contributed by atoms with E-state index in [1.165, 1.54) is 9.47 Å². The number of fused-ring (bicyclic) bond motifs is 2. The highest BCUT2D eigenvalue weighted by atomic mass is 19.2. The summed E-state index contributed by atoms with van der Waals surface area (Å²) in [4.78, 5) is 37.4. The number of aromatic nitrogens is 1. The standard InChI is InChI=1S/C25H28F3N3O7/c1-24(2,3)38-22(33)29-10-25-11-30(8-12(25)6-7-36-25)20-17(27)16(26)15-19(18(20)28)31(13-4-5-13)9-14(21(15)32)37-23(34)35/h9,12-13H,4-8,10-11H2,1-3H3,(H,29,33)(H,34,35). The van der Waals surface area contributed by atoms with E-state index in [1.807, 2.05) is 0 Å². The van der Waals surface area contributed by atoms with E-state index in [0.29, 0.717) is 25.9 Å². The van der Waals surface area contributed by atoms with Gasteiger partial charge in [0.15, 0.2) is 23.2 Å². The smallest absolute Gasteiger partial charge is 0.449 e. The fourth-order valence-electron chi connectivity index (χ4n) is 5.37. The van der Waals surface area contributed by atoms with Gasteiger partial charge in [0.1, 0.15) is 16.9 Å². The van der Waals surface area contributed by atoms with Crippen molar-refractivity contribution >= 4 is 28.8 Å². The molecule has 1 amide bonds. The molecule has 2 aliphatic heterocycles. The SMILES string of the molecule is CC(C)(C)OC(=O)NCC12CN(c3c(F)c(F)c4c(=O)c(OC(=O)O)cn(C5CC5)c4c3F)CC1CCO2. The third-order valence-electron chi connectivity index (χ3n) is 7.12. The number of nitrogens with zero attached hydrogens (tertiary/aromatic N) is 2. The number of halogens is 3. The van der Waals surface area contributed by atoms with Gasteiger partial charge < -0.3 is 34.1 Å². The number of alkyl carbamates (subject to hydrolysis) is 1. The molecule has 0 spiro atoms. The Balaban J connectivity index is 1.54. The van der Waals surface area contributed by atoms with Gasteiger partial charge in [-0.1, -0.05) is 0 Å². The molecule has 3 fully saturated rings. The number of carbonyl (C=O) groups is 2. The summed E-state index contributed by atoms with van der Waals surface area (Å²) in [6.45, 7) is 5.64. The summed E-state index contributed by atoms with van der Waals surface area (Å²) >= 11 is 0. The predicted octanol–water partition coefficient (Wildman–Crippen LogP) is 3.93. The van der Waals surface area contributed by atoms with Crippen LogP contribution in [0.3, 0.4) is 0 Å². The molecule has 0 radical (unpaired) electrons. The average molecular weight is 540 g/mol. The summed E-state index contributed by atoms with van der Waals surface area (Å²) in [6.07, 6.45) is 0.273. The Labute approximate surface area is 215 Å². The number of anilines is 1. The van der Waals surface area contributed by atoms with Crippen LogP contribution in [-0.2, 0) is 9.47 Å². The van der Waals surface area contributed by atoms with Gasteiger partial charge in [0.05, 0.1) is 23.6 Å². The second kappa shape index (κ2) is 9.07. The number of hydrogen-bond acceptors (Lipinski definition) is 7. The van der Waals surface area contributed by atoms with E-state index >= 15 is 13.2 Å². The first-order valence-corrected chi connectivity index (χ1v) is 12.3. The first-order chi connectivity index (χ1) is 17.8. The molecule has 2 saturated heterocycles. The van der Waals surface area contributed by atoms with Crippen LogP contribution in [0.25, 0.3) is 10.9 Å². The molecule has 38 heavy (non-hydrogen) atoms. The van der Waals surface area contributed by atoms with Crippen LogP contribution in [0.15, 0.2) is 11.0 Å². The van der Waals surface area contributed by atoms with Crippen LogP contribution in [0.2, 0.25) is 0 Å². The summed E-state index contributed by atoms with van der Waals surface area (Å²) in [6, 6.07) is -0.327. The Morgan fingerprint density at radius 3 is 2.53 bits per heavy atom. The number of ether oxygens (including phenoxy) is 3. The van der Waals surface area contributed by atoms with Crippen molar-refractivity contribution in [2.24, 2.45) is 5.92 Å². The van der Waals surface area contributed by atoms with Crippen molar-refractivity contribution in [3.8, 4) is 5.75 Å². The van der Waals surface area contributed by atoms with Gasteiger partial charge in [-0.2, -0.15) is 0 Å². The second-order valence-corrected chi connectivity index (χ2v) is 11.0. The van der Waals surface area contributed by atoms with Gasteiger partial charge in [-0.15, -0.1) is 0 Å². The van der Waals surface area contributed by atoms with Crippen LogP contribution < -0.4 is 20.4 Å². The number of carboxylic acid groups (broad SMARTS) is 1. The van der Waals surface area contributed by atoms with Crippen LogP contribution in [-0.4, -0.2) is 59.4 Å². The quantitative estimate of drug-likeness (QED) is 0.434. The van der Waals surface area contributed by atoms with E-state index in [2.05, 4.69) is 10.1 Å². The number of carbonyl (C=O) groups excluding carboxylic acids is 1. The lowest BCUT2D eigenvalue weighted by molar-refractivity contribution is -0.000294. The van der Waals surface area contributed by atoms with Gasteiger partial charge >= 0.3 is 12.2 Å². The molecule has 2 atom stereocenters. The minimum absolute atomic E-state index is 0.0189. The van der Waals surface area contributed by atoms with Crippen molar-refractivity contribution in [1.29, 1.82) is 0 Å². The molecule has 5 rings (SSSR count). The molecular formula is C25H28F3N3O7. The highest BCUT2D eigenvalue weighted by Gasteiger charge is 2.52. The fourth-order valence-corrected chi connectivity index (χ4v) is 5.37. The van der Waals surface area contributed by atoms with Crippen LogP contribution in [0.1, 0.15) is 46.1 Å². The summed E-state index contributed by atoms with van der Waals surface area (Å²) in [5.41, 5.74) is -4.06. The van der Waals surface area contributed by atoms with Gasteiger partial charge in [-0.25, -0.2) is 22.8 Å². The first kappa shape index (κ1) is 26.1. The molecule has 10 nitrogen and oxygen atoms in total. The van der Waals surface area contributed by atoms with Crippen molar-refractivity contribution in [3.05, 3.63) is 33.9 Å². The Hall–Kier alpha value is -3.48. The molecule has 3 aliphatic rings. The van der Waals surface area contributed by atoms with Crippen molar-refractivity contribution < 1.29 is 42.1 Å². The highest BCUT2D eigenvalue weighted by Crippen LogP contribution is 2.45. The van der Waals surface area contributed by atoms with Gasteiger partial charge in [-0.3, -0.25) is 4.79 Å². The molecule has 1 saturated carbocycles. The van der Waals surface area contributed by atoms with Crippen molar-refractivity contribution in [3.63, 3.8) is 0 Å². The maximum Gasteiger partial charge on any atom is 0.511 e. The zero-order valence-electron chi connectivity index (χ0n) is 21.1. The molecule has 2 aromatic rings. The van der Waals surface area contributed by atoms with Gasteiger partial charge in [0, 0.05) is 31.7 Å². The number of amides is 1. The van der Waals surface area contributed by atoms with E-state index in [0.717, 1.165) is 6.20 Å². The average Bonchev–Trinajstić information content (AvgIpc) is 3.49. The first-order valence-electron chi connectivity index (χ1n) is 12.3. The van der Waals surface area contributed by atoms with Gasteiger partial charge in [0.2, 0.25) is 5.43 Å². The molecule has 0 bridgehead atoms. The molecule has 206 valence electrons. The Morgan fingerprint density at radius 1 is 1.18 bits per heavy atom. The van der Waals surface area contributed by atoms with Crippen LogP contribution in [0, 0.1) is 23.4 Å². The van der Waals surface area contributed by atoms with Gasteiger partial charge in [0.25, 0.3) is 0 Å². The lowest BCUT2D eigenvalue weighted by Crippen LogP contribution is -2.49. The second-order valence-electron chi connectivity index (χ2n) is 11.0. The lowest BCUT2D eigenvalue weighted by Gasteiger charge is -2.30. The Kier molecular flexibility index (Phi) is 6.24. The monoisotopic (exact) mass is 539 g/mol. The van der Waals surface area contributed by atoms with E-state index in [-0.39, 0.29) is 31.6 Å². The molecule has 2 N–H and O–H groups in total. The van der Waals surface area contributed by atoms with E-state index in [4.69, 9.17) is 14.6 Å². The summed E-state index contributed by atoms with van der Waals surface area (Å²) < 4.78 is 64.0. The summed E-state index contributed by atoms with van der Waals surface area (Å²) in [7, 11) is 0. The molecule has 1 aliphatic carbocycles. The minimum Gasteiger partial charge on any atom is -0.449 e. The van der Waals surface area contributed by atoms with E-state index in [9.17, 15) is 14.4 Å². The Morgan fingerprint density at radius 2 is 1.89 bits per heavy atom. The number of rotatable bonds is 5. The number of pyridine rings is 1. The molecule has 13 heteroatoms. The maximum atomic E-state index is 16.1. The lowest BCUT2D eigenvalue weighted by atomic mass is 9.91. The molecule has 2 unspecified atom stereocenters. The van der Waals surface area contributed by atoms with E-state index in [1.54, 1.807) is 20.8 Å². The molecule has 3 heterocycles. The molecular weight excluding hydrogens is 511 g/mol. The summed E-state index contributed by atoms with van der Waals surface area (Å²) in [5.74, 6) is -5.26. The molecule has 1 aromatic carbocycles. The van der Waals surface area contributed by atoms with Crippen LogP contribution in [0.5, 0.6) is 5.75 Å². The van der Waals surface area contributed by atoms with Crippen LogP contribution in [0.4, 0.5) is 28.4 Å². The number of benzene rings is 1. The van der Waals surface area contributed by atoms with Crippen molar-refractivity contribution in [2.45, 2.75) is 57.3 Å². The topological polar surface area (TPSA) is 119 Å². The third kappa shape index (κ3) is 4.52. The highest BCUT2D eigenvalue weighted by molar-refractivity contribution is 5.87. The fraction of sp³-hybridized carbons (Fsp3) is 0.560. The van der Waals surface area contributed by atoms with Gasteiger partial charge in [-0.05, 0) is 40.0 Å². The number of nitrogens with one attached hydrogen (secondary N) is 1.